The molecule has 1 aromatic heterocycles. The van der Waals surface area contributed by atoms with Gasteiger partial charge in [0.2, 0.25) is 0 Å². The summed E-state index contributed by atoms with van der Waals surface area (Å²) in [5.74, 6) is 0.724. The number of rotatable bonds is 7. The van der Waals surface area contributed by atoms with E-state index in [0.29, 0.717) is 0 Å². The highest BCUT2D eigenvalue weighted by atomic mass is 79.9. The molecule has 18 heavy (non-hydrogen) atoms. The van der Waals surface area contributed by atoms with Gasteiger partial charge < -0.3 is 5.32 Å². The predicted octanol–water partition coefficient (Wildman–Crippen LogP) is 3.97. The molecule has 0 radical (unpaired) electrons. The van der Waals surface area contributed by atoms with Gasteiger partial charge in [0.25, 0.3) is 0 Å². The smallest absolute Gasteiger partial charge is 0.0444 e. The van der Waals surface area contributed by atoms with Gasteiger partial charge in [-0.25, -0.2) is 0 Å². The summed E-state index contributed by atoms with van der Waals surface area (Å²) in [5, 5.41) is 3.45. The molecule has 1 rings (SSSR count). The van der Waals surface area contributed by atoms with E-state index in [1.54, 1.807) is 0 Å². The molecule has 3 heteroatoms. The van der Waals surface area contributed by atoms with E-state index in [0.717, 1.165) is 42.0 Å². The number of hydrogen-bond donors (Lipinski definition) is 1. The molecule has 0 saturated carbocycles. The molecule has 0 fully saturated rings. The maximum atomic E-state index is 4.38. The minimum absolute atomic E-state index is 0.724. The average Bonchev–Trinajstić information content (AvgIpc) is 2.31. The zero-order valence-corrected chi connectivity index (χ0v) is 13.1. The van der Waals surface area contributed by atoms with Crippen molar-refractivity contribution >= 4 is 15.9 Å². The van der Waals surface area contributed by atoms with E-state index in [2.05, 4.69) is 59.1 Å². The highest BCUT2D eigenvalue weighted by Gasteiger charge is 1.97. The Bertz CT molecular complexity index is 369. The van der Waals surface area contributed by atoms with Crippen LogP contribution in [0.25, 0.3) is 0 Å². The quantitative estimate of drug-likeness (QED) is 0.609. The normalized spacial score (nSPS) is 12.2. The van der Waals surface area contributed by atoms with Crippen LogP contribution in [0, 0.1) is 5.92 Å². The van der Waals surface area contributed by atoms with Gasteiger partial charge in [-0.05, 0) is 60.4 Å². The molecule has 0 amide bonds. The molecule has 0 aliphatic carbocycles. The van der Waals surface area contributed by atoms with Crippen LogP contribution in [0.2, 0.25) is 0 Å². The number of nitrogens with zero attached hydrogens (tertiary/aromatic N) is 1. The van der Waals surface area contributed by atoms with Crippen molar-refractivity contribution in [3.63, 3.8) is 0 Å². The molecule has 0 aliphatic rings. The lowest BCUT2D eigenvalue weighted by Gasteiger charge is -2.06. The van der Waals surface area contributed by atoms with Gasteiger partial charge in [0.15, 0.2) is 0 Å². The lowest BCUT2D eigenvalue weighted by Crippen LogP contribution is -2.20. The topological polar surface area (TPSA) is 24.9 Å². The number of aromatic nitrogens is 1. The lowest BCUT2D eigenvalue weighted by atomic mass is 10.1. The van der Waals surface area contributed by atoms with Gasteiger partial charge in [-0.1, -0.05) is 25.5 Å². The van der Waals surface area contributed by atoms with E-state index >= 15 is 0 Å². The van der Waals surface area contributed by atoms with Crippen molar-refractivity contribution in [3.8, 4) is 0 Å². The van der Waals surface area contributed by atoms with Crippen LogP contribution in [0.15, 0.2) is 34.5 Å². The molecule has 0 unspecified atom stereocenters. The van der Waals surface area contributed by atoms with Crippen LogP contribution in [0.3, 0.4) is 0 Å². The summed E-state index contributed by atoms with van der Waals surface area (Å²) in [6.45, 7) is 8.79. The second kappa shape index (κ2) is 8.44. The molecule has 0 aliphatic heterocycles. The molecular formula is C15H23BrN2. The average molecular weight is 311 g/mol. The van der Waals surface area contributed by atoms with Gasteiger partial charge in [0.05, 0.1) is 0 Å². The van der Waals surface area contributed by atoms with E-state index in [9.17, 15) is 0 Å². The second-order valence-corrected chi connectivity index (χ2v) is 6.00. The molecule has 0 saturated heterocycles. The summed E-state index contributed by atoms with van der Waals surface area (Å²) >= 11 is 3.40. The predicted molar refractivity (Wildman–Crippen MR) is 81.7 cm³/mol. The van der Waals surface area contributed by atoms with Crippen LogP contribution < -0.4 is 5.32 Å². The fourth-order valence-corrected chi connectivity index (χ4v) is 1.91. The number of halogens is 1. The van der Waals surface area contributed by atoms with E-state index in [-0.39, 0.29) is 0 Å². The number of nitrogens with one attached hydrogen (secondary N) is 1. The van der Waals surface area contributed by atoms with Crippen molar-refractivity contribution in [1.82, 2.24) is 10.3 Å². The van der Waals surface area contributed by atoms with Crippen molar-refractivity contribution in [2.75, 3.05) is 13.1 Å². The summed E-state index contributed by atoms with van der Waals surface area (Å²) in [6, 6.07) is 4.11. The van der Waals surface area contributed by atoms with E-state index < -0.39 is 0 Å². The first-order chi connectivity index (χ1) is 8.58. The lowest BCUT2D eigenvalue weighted by molar-refractivity contribution is 0.556. The van der Waals surface area contributed by atoms with Crippen molar-refractivity contribution in [2.24, 2.45) is 5.92 Å². The molecule has 1 N–H and O–H groups in total. The molecule has 100 valence electrons. The van der Waals surface area contributed by atoms with Crippen molar-refractivity contribution < 1.29 is 0 Å². The summed E-state index contributed by atoms with van der Waals surface area (Å²) < 4.78 is 1.03. The largest absolute Gasteiger partial charge is 0.316 e. The Kier molecular flexibility index (Phi) is 7.21. The Morgan fingerprint density at radius 3 is 2.83 bits per heavy atom. The van der Waals surface area contributed by atoms with Crippen molar-refractivity contribution in [1.29, 1.82) is 0 Å². The Morgan fingerprint density at radius 1 is 1.44 bits per heavy atom. The molecule has 0 aromatic carbocycles. The number of pyridine rings is 1. The van der Waals surface area contributed by atoms with Gasteiger partial charge in [-0.15, -0.1) is 0 Å². The Balaban J connectivity index is 2.27. The summed E-state index contributed by atoms with van der Waals surface area (Å²) in [6.07, 6.45) is 6.19. The minimum Gasteiger partial charge on any atom is -0.316 e. The van der Waals surface area contributed by atoms with Crippen LogP contribution in [-0.4, -0.2) is 18.1 Å². The number of hydrogen-bond acceptors (Lipinski definition) is 2. The molecule has 0 spiro atoms. The zero-order chi connectivity index (χ0) is 13.4. The van der Waals surface area contributed by atoms with E-state index in [4.69, 9.17) is 0 Å². The van der Waals surface area contributed by atoms with Gasteiger partial charge >= 0.3 is 0 Å². The van der Waals surface area contributed by atoms with Gasteiger partial charge in [-0.3, -0.25) is 4.98 Å². The van der Waals surface area contributed by atoms with Crippen LogP contribution in [0.4, 0.5) is 0 Å². The summed E-state index contributed by atoms with van der Waals surface area (Å²) in [7, 11) is 0. The van der Waals surface area contributed by atoms with E-state index in [1.165, 1.54) is 5.57 Å². The van der Waals surface area contributed by atoms with Crippen molar-refractivity contribution in [2.45, 2.75) is 33.6 Å². The molecule has 0 bridgehead atoms. The van der Waals surface area contributed by atoms with Crippen LogP contribution in [-0.2, 0) is 6.42 Å². The fraction of sp³-hybridized carbons (Fsp3) is 0.533. The third-order valence-corrected chi connectivity index (χ3v) is 3.08. The fourth-order valence-electron chi connectivity index (χ4n) is 1.68. The summed E-state index contributed by atoms with van der Waals surface area (Å²) in [4.78, 5) is 4.38. The summed E-state index contributed by atoms with van der Waals surface area (Å²) in [5.41, 5.74) is 2.51. The van der Waals surface area contributed by atoms with Crippen LogP contribution in [0.1, 0.15) is 32.9 Å². The van der Waals surface area contributed by atoms with Gasteiger partial charge in [0.1, 0.15) is 0 Å². The second-order valence-electron chi connectivity index (χ2n) is 5.08. The first-order valence-corrected chi connectivity index (χ1v) is 7.34. The standard InChI is InChI=1S/C15H23BrN2/c1-12(2)10-17-8-4-5-13(3)9-15-7-6-14(16)11-18-15/h5-7,11-12,17H,4,8-10H2,1-3H3/b13-5-. The minimum atomic E-state index is 0.724. The Morgan fingerprint density at radius 2 is 2.22 bits per heavy atom. The first kappa shape index (κ1) is 15.4. The highest BCUT2D eigenvalue weighted by Crippen LogP contribution is 2.10. The van der Waals surface area contributed by atoms with Gasteiger partial charge in [-0.2, -0.15) is 0 Å². The molecule has 1 heterocycles. The zero-order valence-electron chi connectivity index (χ0n) is 11.5. The maximum absolute atomic E-state index is 4.38. The molecule has 0 atom stereocenters. The van der Waals surface area contributed by atoms with Gasteiger partial charge in [0, 0.05) is 22.8 Å². The third kappa shape index (κ3) is 6.92. The monoisotopic (exact) mass is 310 g/mol. The molecule has 2 nitrogen and oxygen atoms in total. The highest BCUT2D eigenvalue weighted by molar-refractivity contribution is 9.10. The Hall–Kier alpha value is -0.670. The molecular weight excluding hydrogens is 288 g/mol. The maximum Gasteiger partial charge on any atom is 0.0444 e. The Labute approximate surface area is 119 Å². The van der Waals surface area contributed by atoms with Crippen LogP contribution >= 0.6 is 15.9 Å². The first-order valence-electron chi connectivity index (χ1n) is 6.54. The SMILES string of the molecule is C/C(=C/CCNCC(C)C)Cc1ccc(Br)cn1. The number of allylic oxidation sites excluding steroid dienone is 1. The molecule has 1 aromatic rings. The van der Waals surface area contributed by atoms with Crippen LogP contribution in [0.5, 0.6) is 0 Å². The van der Waals surface area contributed by atoms with E-state index in [1.807, 2.05) is 12.3 Å². The third-order valence-electron chi connectivity index (χ3n) is 2.62. The van der Waals surface area contributed by atoms with Crippen molar-refractivity contribution in [3.05, 3.63) is 40.1 Å².